The molecule has 6 nitrogen and oxygen atoms in total. The van der Waals surface area contributed by atoms with Crippen LogP contribution in [0.15, 0.2) is 54.7 Å². The number of carbonyl (C=O) groups excluding carboxylic acids is 1. The third kappa shape index (κ3) is 5.00. The monoisotopic (exact) mass is 416 g/mol. The SMILES string of the molecule is O.O=C(CN1CCN(c2ccnc3cc(Cl)ccc23)CC1)Nc1ccc(F)cc1. The number of pyridine rings is 1. The minimum atomic E-state index is -0.319. The summed E-state index contributed by atoms with van der Waals surface area (Å²) >= 11 is 6.07. The van der Waals surface area contributed by atoms with Crippen molar-refractivity contribution in [2.75, 3.05) is 42.9 Å². The summed E-state index contributed by atoms with van der Waals surface area (Å²) in [5.74, 6) is -0.413. The van der Waals surface area contributed by atoms with Crippen LogP contribution in [0.3, 0.4) is 0 Å². The Morgan fingerprint density at radius 1 is 1.07 bits per heavy atom. The Hall–Kier alpha value is -2.74. The lowest BCUT2D eigenvalue weighted by molar-refractivity contribution is -0.117. The first-order valence-electron chi connectivity index (χ1n) is 9.15. The molecule has 1 amide bonds. The second-order valence-electron chi connectivity index (χ2n) is 6.81. The second-order valence-corrected chi connectivity index (χ2v) is 7.25. The molecule has 0 bridgehead atoms. The molecule has 1 fully saturated rings. The highest BCUT2D eigenvalue weighted by Crippen LogP contribution is 2.28. The van der Waals surface area contributed by atoms with Gasteiger partial charge >= 0.3 is 0 Å². The highest BCUT2D eigenvalue weighted by Gasteiger charge is 2.20. The third-order valence-electron chi connectivity index (χ3n) is 4.89. The molecule has 1 saturated heterocycles. The van der Waals surface area contributed by atoms with Gasteiger partial charge in [-0.2, -0.15) is 0 Å². The number of piperazine rings is 1. The molecule has 1 aliphatic heterocycles. The Bertz CT molecular complexity index is 992. The first-order valence-corrected chi connectivity index (χ1v) is 9.53. The van der Waals surface area contributed by atoms with E-state index in [1.165, 1.54) is 12.1 Å². The van der Waals surface area contributed by atoms with Crippen molar-refractivity contribution in [2.45, 2.75) is 0 Å². The molecule has 1 aliphatic rings. The van der Waals surface area contributed by atoms with Crippen molar-refractivity contribution in [2.24, 2.45) is 0 Å². The van der Waals surface area contributed by atoms with Crippen molar-refractivity contribution in [1.29, 1.82) is 0 Å². The Morgan fingerprint density at radius 3 is 2.52 bits per heavy atom. The molecular weight excluding hydrogens is 395 g/mol. The zero-order valence-corrected chi connectivity index (χ0v) is 16.5. The average molecular weight is 417 g/mol. The number of hydrogen-bond donors (Lipinski definition) is 1. The van der Waals surface area contributed by atoms with E-state index in [0.717, 1.165) is 42.8 Å². The van der Waals surface area contributed by atoms with Crippen LogP contribution in [-0.4, -0.2) is 54.0 Å². The Balaban J connectivity index is 0.00000240. The minimum Gasteiger partial charge on any atom is -0.412 e. The zero-order chi connectivity index (χ0) is 19.5. The Labute approximate surface area is 173 Å². The number of anilines is 2. The van der Waals surface area contributed by atoms with Crippen LogP contribution in [0.2, 0.25) is 5.02 Å². The molecule has 2 aromatic carbocycles. The van der Waals surface area contributed by atoms with E-state index < -0.39 is 0 Å². The van der Waals surface area contributed by atoms with Crippen LogP contribution < -0.4 is 10.2 Å². The van der Waals surface area contributed by atoms with E-state index in [4.69, 9.17) is 11.6 Å². The van der Waals surface area contributed by atoms with E-state index in [9.17, 15) is 9.18 Å². The molecule has 29 heavy (non-hydrogen) atoms. The van der Waals surface area contributed by atoms with E-state index >= 15 is 0 Å². The second kappa shape index (κ2) is 9.17. The third-order valence-corrected chi connectivity index (χ3v) is 5.13. The average Bonchev–Trinajstić information content (AvgIpc) is 2.70. The van der Waals surface area contributed by atoms with Crippen molar-refractivity contribution in [1.82, 2.24) is 9.88 Å². The fraction of sp³-hybridized carbons (Fsp3) is 0.238. The van der Waals surface area contributed by atoms with E-state index in [2.05, 4.69) is 20.1 Å². The number of nitrogens with one attached hydrogen (secondary N) is 1. The molecule has 8 heteroatoms. The van der Waals surface area contributed by atoms with Gasteiger partial charge in [0, 0.05) is 54.2 Å². The van der Waals surface area contributed by atoms with Crippen LogP contribution in [0.4, 0.5) is 15.8 Å². The van der Waals surface area contributed by atoms with Crippen LogP contribution in [0.5, 0.6) is 0 Å². The van der Waals surface area contributed by atoms with Gasteiger partial charge in [-0.15, -0.1) is 0 Å². The number of nitrogens with zero attached hydrogens (tertiary/aromatic N) is 3. The standard InChI is InChI=1S/C21H20ClFN4O.H2O/c22-15-1-6-18-19(13-15)24-8-7-20(18)27-11-9-26(10-12-27)14-21(28)25-17-4-2-16(23)3-5-17;/h1-8,13H,9-12,14H2,(H,25,28);1H2. The summed E-state index contributed by atoms with van der Waals surface area (Å²) in [6.45, 7) is 3.54. The summed E-state index contributed by atoms with van der Waals surface area (Å²) in [5, 5.41) is 4.56. The largest absolute Gasteiger partial charge is 0.412 e. The van der Waals surface area contributed by atoms with Crippen LogP contribution in [0, 0.1) is 5.82 Å². The first-order chi connectivity index (χ1) is 13.6. The van der Waals surface area contributed by atoms with Crippen molar-refractivity contribution < 1.29 is 14.7 Å². The van der Waals surface area contributed by atoms with Gasteiger partial charge in [0.25, 0.3) is 0 Å². The summed E-state index contributed by atoms with van der Waals surface area (Å²) in [4.78, 5) is 21.1. The molecule has 3 N–H and O–H groups in total. The quantitative estimate of drug-likeness (QED) is 0.709. The number of rotatable bonds is 4. The van der Waals surface area contributed by atoms with Gasteiger partial charge in [-0.05, 0) is 48.5 Å². The maximum absolute atomic E-state index is 13.0. The Kier molecular flexibility index (Phi) is 6.64. The fourth-order valence-corrected chi connectivity index (χ4v) is 3.63. The predicted molar refractivity (Wildman–Crippen MR) is 114 cm³/mol. The molecular formula is C21H22ClFN4O2. The molecule has 0 unspecified atom stereocenters. The molecule has 0 radical (unpaired) electrons. The Morgan fingerprint density at radius 2 is 1.79 bits per heavy atom. The maximum Gasteiger partial charge on any atom is 0.238 e. The zero-order valence-electron chi connectivity index (χ0n) is 15.7. The molecule has 3 aromatic rings. The maximum atomic E-state index is 13.0. The van der Waals surface area contributed by atoms with Crippen LogP contribution >= 0.6 is 11.6 Å². The van der Waals surface area contributed by atoms with Gasteiger partial charge in [0.05, 0.1) is 12.1 Å². The smallest absolute Gasteiger partial charge is 0.238 e. The van der Waals surface area contributed by atoms with Crippen LogP contribution in [0.25, 0.3) is 10.9 Å². The summed E-state index contributed by atoms with van der Waals surface area (Å²) in [7, 11) is 0. The van der Waals surface area contributed by atoms with Gasteiger partial charge in [-0.25, -0.2) is 4.39 Å². The van der Waals surface area contributed by atoms with Gasteiger partial charge in [-0.3, -0.25) is 14.7 Å². The van der Waals surface area contributed by atoms with Gasteiger partial charge in [0.15, 0.2) is 0 Å². The normalized spacial score (nSPS) is 14.5. The van der Waals surface area contributed by atoms with Crippen molar-refractivity contribution in [3.63, 3.8) is 0 Å². The molecule has 4 rings (SSSR count). The molecule has 2 heterocycles. The molecule has 152 valence electrons. The fourth-order valence-electron chi connectivity index (χ4n) is 3.47. The highest BCUT2D eigenvalue weighted by molar-refractivity contribution is 6.31. The molecule has 0 saturated carbocycles. The lowest BCUT2D eigenvalue weighted by Gasteiger charge is -2.36. The summed E-state index contributed by atoms with van der Waals surface area (Å²) in [6, 6.07) is 13.6. The highest BCUT2D eigenvalue weighted by atomic mass is 35.5. The number of carbonyl (C=O) groups is 1. The number of amides is 1. The lowest BCUT2D eigenvalue weighted by atomic mass is 10.1. The minimum absolute atomic E-state index is 0. The number of aromatic nitrogens is 1. The van der Waals surface area contributed by atoms with Gasteiger partial charge in [0.1, 0.15) is 5.82 Å². The first kappa shape index (κ1) is 21.0. The molecule has 1 aromatic heterocycles. The predicted octanol–water partition coefficient (Wildman–Crippen LogP) is 2.96. The van der Waals surface area contributed by atoms with E-state index in [-0.39, 0.29) is 17.2 Å². The van der Waals surface area contributed by atoms with Gasteiger partial charge in [-0.1, -0.05) is 11.6 Å². The number of hydrogen-bond acceptors (Lipinski definition) is 4. The van der Waals surface area contributed by atoms with E-state index in [1.807, 2.05) is 24.3 Å². The van der Waals surface area contributed by atoms with Crippen molar-refractivity contribution in [3.05, 3.63) is 65.6 Å². The summed E-state index contributed by atoms with van der Waals surface area (Å²) in [5.41, 5.74) is 2.62. The van der Waals surface area contributed by atoms with Crippen molar-refractivity contribution in [3.8, 4) is 0 Å². The number of fused-ring (bicyclic) bond motifs is 1. The van der Waals surface area contributed by atoms with Crippen LogP contribution in [0.1, 0.15) is 0 Å². The van der Waals surface area contributed by atoms with Crippen LogP contribution in [-0.2, 0) is 4.79 Å². The topological polar surface area (TPSA) is 80.0 Å². The number of halogens is 2. The number of benzene rings is 2. The summed E-state index contributed by atoms with van der Waals surface area (Å²) < 4.78 is 13.0. The van der Waals surface area contributed by atoms with Crippen molar-refractivity contribution >= 4 is 39.8 Å². The summed E-state index contributed by atoms with van der Waals surface area (Å²) in [6.07, 6.45) is 1.80. The van der Waals surface area contributed by atoms with Gasteiger partial charge in [0.2, 0.25) is 5.91 Å². The lowest BCUT2D eigenvalue weighted by Crippen LogP contribution is -2.48. The van der Waals surface area contributed by atoms with Gasteiger partial charge < -0.3 is 15.7 Å². The molecule has 0 spiro atoms. The molecule has 0 atom stereocenters. The van der Waals surface area contributed by atoms with E-state index in [1.54, 1.807) is 18.3 Å². The molecule has 0 aliphatic carbocycles. The van der Waals surface area contributed by atoms with E-state index in [0.29, 0.717) is 17.3 Å².